The first-order chi connectivity index (χ1) is 10.7. The van der Waals surface area contributed by atoms with Crippen molar-refractivity contribution >= 4 is 5.91 Å². The third-order valence-corrected chi connectivity index (χ3v) is 4.07. The van der Waals surface area contributed by atoms with E-state index in [1.54, 1.807) is 0 Å². The van der Waals surface area contributed by atoms with Crippen molar-refractivity contribution in [1.82, 2.24) is 15.1 Å². The van der Waals surface area contributed by atoms with Crippen LogP contribution in [0.25, 0.3) is 5.69 Å². The van der Waals surface area contributed by atoms with Crippen LogP contribution in [-0.2, 0) is 12.8 Å². The molecule has 2 aromatic rings. The minimum absolute atomic E-state index is 0.0529. The van der Waals surface area contributed by atoms with E-state index in [-0.39, 0.29) is 11.9 Å². The minimum atomic E-state index is -0.0529. The van der Waals surface area contributed by atoms with Crippen molar-refractivity contribution in [2.75, 3.05) is 0 Å². The zero-order valence-electron chi connectivity index (χ0n) is 13.3. The van der Waals surface area contributed by atoms with Gasteiger partial charge in [0.05, 0.1) is 5.69 Å². The molecule has 0 saturated carbocycles. The average molecular weight is 297 g/mol. The van der Waals surface area contributed by atoms with Crippen molar-refractivity contribution in [2.24, 2.45) is 0 Å². The summed E-state index contributed by atoms with van der Waals surface area (Å²) in [5, 5.41) is 7.64. The van der Waals surface area contributed by atoms with E-state index >= 15 is 0 Å². The number of nitrogens with zero attached hydrogens (tertiary/aromatic N) is 2. The van der Waals surface area contributed by atoms with Gasteiger partial charge in [-0.3, -0.25) is 4.79 Å². The van der Waals surface area contributed by atoms with Crippen LogP contribution in [0.4, 0.5) is 0 Å². The number of carbonyl (C=O) groups excluding carboxylic acids is 1. The average Bonchev–Trinajstić information content (AvgIpc) is 2.69. The Bertz CT molecular complexity index is 658. The van der Waals surface area contributed by atoms with Crippen LogP contribution >= 0.6 is 0 Å². The molecule has 1 heterocycles. The Balaban J connectivity index is 2.08. The third kappa shape index (κ3) is 2.91. The quantitative estimate of drug-likeness (QED) is 0.884. The van der Waals surface area contributed by atoms with Gasteiger partial charge in [-0.25, -0.2) is 4.68 Å². The number of carbonyl (C=O) groups is 1. The number of benzene rings is 1. The fourth-order valence-electron chi connectivity index (χ4n) is 3.07. The fourth-order valence-corrected chi connectivity index (χ4v) is 3.07. The van der Waals surface area contributed by atoms with Gasteiger partial charge < -0.3 is 5.32 Å². The predicted octanol–water partition coefficient (Wildman–Crippen LogP) is 3.28. The van der Waals surface area contributed by atoms with Crippen LogP contribution < -0.4 is 5.32 Å². The molecule has 1 aliphatic rings. The summed E-state index contributed by atoms with van der Waals surface area (Å²) in [7, 11) is 0. The van der Waals surface area contributed by atoms with Crippen molar-refractivity contribution in [3.8, 4) is 5.69 Å². The van der Waals surface area contributed by atoms with Crippen LogP contribution in [0.3, 0.4) is 0 Å². The van der Waals surface area contributed by atoms with E-state index in [0.717, 1.165) is 36.9 Å². The van der Waals surface area contributed by atoms with Crippen LogP contribution in [0.5, 0.6) is 0 Å². The molecule has 0 fully saturated rings. The molecule has 0 atom stereocenters. The Morgan fingerprint density at radius 3 is 2.59 bits per heavy atom. The second-order valence-corrected chi connectivity index (χ2v) is 6.21. The molecule has 22 heavy (non-hydrogen) atoms. The fraction of sp³-hybridized carbons (Fsp3) is 0.444. The number of amides is 1. The number of para-hydroxylation sites is 1. The van der Waals surface area contributed by atoms with E-state index in [2.05, 4.69) is 10.4 Å². The van der Waals surface area contributed by atoms with Gasteiger partial charge in [-0.2, -0.15) is 5.10 Å². The molecular weight excluding hydrogens is 274 g/mol. The number of aromatic nitrogens is 2. The van der Waals surface area contributed by atoms with Gasteiger partial charge in [-0.1, -0.05) is 24.6 Å². The van der Waals surface area contributed by atoms with Gasteiger partial charge in [-0.05, 0) is 51.7 Å². The Labute approximate surface area is 131 Å². The summed E-state index contributed by atoms with van der Waals surface area (Å²) in [4.78, 5) is 12.5. The molecule has 1 aromatic carbocycles. The molecule has 0 bridgehead atoms. The Kier molecular flexibility index (Phi) is 4.27. The van der Waals surface area contributed by atoms with Crippen molar-refractivity contribution in [1.29, 1.82) is 0 Å². The summed E-state index contributed by atoms with van der Waals surface area (Å²) in [6, 6.07) is 10.2. The number of nitrogens with one attached hydrogen (secondary N) is 1. The maximum Gasteiger partial charge on any atom is 0.272 e. The third-order valence-electron chi connectivity index (χ3n) is 4.07. The van der Waals surface area contributed by atoms with Crippen LogP contribution in [0, 0.1) is 0 Å². The molecule has 3 rings (SSSR count). The molecule has 1 N–H and O–H groups in total. The van der Waals surface area contributed by atoms with Crippen LogP contribution in [-0.4, -0.2) is 21.7 Å². The molecule has 116 valence electrons. The minimum Gasteiger partial charge on any atom is -0.348 e. The first-order valence-corrected chi connectivity index (χ1v) is 8.14. The van der Waals surface area contributed by atoms with E-state index in [1.807, 2.05) is 48.9 Å². The van der Waals surface area contributed by atoms with Crippen LogP contribution in [0.2, 0.25) is 0 Å². The van der Waals surface area contributed by atoms with Gasteiger partial charge in [0.1, 0.15) is 0 Å². The Hall–Kier alpha value is -2.10. The van der Waals surface area contributed by atoms with Crippen LogP contribution in [0.1, 0.15) is 54.9 Å². The molecule has 0 aliphatic heterocycles. The lowest BCUT2D eigenvalue weighted by molar-refractivity contribution is 0.0936. The van der Waals surface area contributed by atoms with Gasteiger partial charge in [-0.15, -0.1) is 0 Å². The van der Waals surface area contributed by atoms with E-state index in [1.165, 1.54) is 12.1 Å². The Morgan fingerprint density at radius 1 is 1.14 bits per heavy atom. The maximum atomic E-state index is 12.5. The molecule has 0 saturated heterocycles. The molecule has 4 heteroatoms. The molecule has 1 aromatic heterocycles. The monoisotopic (exact) mass is 297 g/mol. The van der Waals surface area contributed by atoms with E-state index < -0.39 is 0 Å². The summed E-state index contributed by atoms with van der Waals surface area (Å²) in [6.45, 7) is 3.95. The topological polar surface area (TPSA) is 46.9 Å². The highest BCUT2D eigenvalue weighted by Gasteiger charge is 2.24. The predicted molar refractivity (Wildman–Crippen MR) is 87.4 cm³/mol. The number of fused-ring (bicyclic) bond motifs is 1. The van der Waals surface area contributed by atoms with E-state index in [0.29, 0.717) is 5.69 Å². The summed E-state index contributed by atoms with van der Waals surface area (Å²) in [5.74, 6) is -0.0529. The first kappa shape index (κ1) is 14.8. The lowest BCUT2D eigenvalue weighted by Gasteiger charge is -2.07. The van der Waals surface area contributed by atoms with Crippen LogP contribution in [0.15, 0.2) is 30.3 Å². The lowest BCUT2D eigenvalue weighted by Crippen LogP contribution is -2.31. The van der Waals surface area contributed by atoms with Gasteiger partial charge in [0, 0.05) is 17.3 Å². The molecule has 1 aliphatic carbocycles. The first-order valence-electron chi connectivity index (χ1n) is 8.14. The number of hydrogen-bond acceptors (Lipinski definition) is 2. The zero-order valence-corrected chi connectivity index (χ0v) is 13.3. The van der Waals surface area contributed by atoms with Crippen molar-refractivity contribution < 1.29 is 4.79 Å². The molecule has 0 unspecified atom stereocenters. The van der Waals surface area contributed by atoms with E-state index in [4.69, 9.17) is 0 Å². The number of hydrogen-bond donors (Lipinski definition) is 1. The molecule has 0 spiro atoms. The van der Waals surface area contributed by atoms with Crippen molar-refractivity contribution in [3.63, 3.8) is 0 Å². The Morgan fingerprint density at radius 2 is 1.86 bits per heavy atom. The van der Waals surface area contributed by atoms with Crippen molar-refractivity contribution in [2.45, 2.75) is 52.0 Å². The van der Waals surface area contributed by atoms with Gasteiger partial charge in [0.2, 0.25) is 0 Å². The highest BCUT2D eigenvalue weighted by Crippen LogP contribution is 2.26. The van der Waals surface area contributed by atoms with Gasteiger partial charge >= 0.3 is 0 Å². The molecular formula is C18H23N3O. The second kappa shape index (κ2) is 6.34. The SMILES string of the molecule is CC(C)NC(=O)c1nn(-c2ccccc2)c2c1CCCCC2. The maximum absolute atomic E-state index is 12.5. The van der Waals surface area contributed by atoms with Gasteiger partial charge in [0.15, 0.2) is 5.69 Å². The van der Waals surface area contributed by atoms with Gasteiger partial charge in [0.25, 0.3) is 5.91 Å². The lowest BCUT2D eigenvalue weighted by atomic mass is 10.1. The molecule has 4 nitrogen and oxygen atoms in total. The van der Waals surface area contributed by atoms with Crippen molar-refractivity contribution in [3.05, 3.63) is 47.3 Å². The van der Waals surface area contributed by atoms with E-state index in [9.17, 15) is 4.79 Å². The summed E-state index contributed by atoms with van der Waals surface area (Å²) in [5.41, 5.74) is 3.98. The summed E-state index contributed by atoms with van der Waals surface area (Å²) in [6.07, 6.45) is 5.45. The summed E-state index contributed by atoms with van der Waals surface area (Å²) >= 11 is 0. The molecule has 1 amide bonds. The zero-order chi connectivity index (χ0) is 15.5. The highest BCUT2D eigenvalue weighted by atomic mass is 16.2. The smallest absolute Gasteiger partial charge is 0.272 e. The standard InChI is InChI=1S/C18H23N3O/c1-13(2)19-18(22)17-15-11-7-4-8-12-16(15)21(20-17)14-9-5-3-6-10-14/h3,5-6,9-10,13H,4,7-8,11-12H2,1-2H3,(H,19,22). The second-order valence-electron chi connectivity index (χ2n) is 6.21. The normalized spacial score (nSPS) is 14.5. The largest absolute Gasteiger partial charge is 0.348 e. The molecule has 0 radical (unpaired) electrons. The summed E-state index contributed by atoms with van der Waals surface area (Å²) < 4.78 is 1.97. The number of rotatable bonds is 3. The highest BCUT2D eigenvalue weighted by molar-refractivity contribution is 5.94.